The van der Waals surface area contributed by atoms with Crippen LogP contribution < -0.4 is 5.32 Å². The third kappa shape index (κ3) is 2.51. The average molecular weight is 232 g/mol. The molecule has 1 N–H and O–H groups in total. The van der Waals surface area contributed by atoms with Gasteiger partial charge in [0.15, 0.2) is 0 Å². The standard InChI is InChI=1S/C13H16N2S/c1-16-13-7-3-6-12(13)15-11-5-2-4-10(8-11)9-14/h2,4-5,8,12-13,15H,3,6-7H2,1H3. The lowest BCUT2D eigenvalue weighted by molar-refractivity contribution is 0.769. The van der Waals surface area contributed by atoms with E-state index < -0.39 is 0 Å². The second-order valence-corrected chi connectivity index (χ2v) is 5.23. The molecule has 0 aromatic heterocycles. The highest BCUT2D eigenvalue weighted by atomic mass is 32.2. The molecule has 2 rings (SSSR count). The second-order valence-electron chi connectivity index (χ2n) is 4.15. The van der Waals surface area contributed by atoms with Gasteiger partial charge in [0.2, 0.25) is 0 Å². The van der Waals surface area contributed by atoms with Crippen LogP contribution in [-0.2, 0) is 0 Å². The van der Waals surface area contributed by atoms with Gasteiger partial charge in [-0.3, -0.25) is 0 Å². The van der Waals surface area contributed by atoms with E-state index >= 15 is 0 Å². The predicted octanol–water partition coefficient (Wildman–Crippen LogP) is 3.25. The van der Waals surface area contributed by atoms with Crippen LogP contribution in [-0.4, -0.2) is 17.5 Å². The molecule has 0 heterocycles. The summed E-state index contributed by atoms with van der Waals surface area (Å²) in [6.07, 6.45) is 6.02. The van der Waals surface area contributed by atoms with Gasteiger partial charge >= 0.3 is 0 Å². The van der Waals surface area contributed by atoms with Crippen molar-refractivity contribution in [3.8, 4) is 6.07 Å². The Kier molecular flexibility index (Phi) is 3.74. The normalized spacial score (nSPS) is 24.0. The summed E-state index contributed by atoms with van der Waals surface area (Å²) in [5.41, 5.74) is 1.80. The molecule has 2 nitrogen and oxygen atoms in total. The minimum absolute atomic E-state index is 0.559. The maximum Gasteiger partial charge on any atom is 0.0992 e. The molecule has 0 saturated heterocycles. The summed E-state index contributed by atoms with van der Waals surface area (Å²) < 4.78 is 0. The van der Waals surface area contributed by atoms with Gasteiger partial charge in [0, 0.05) is 17.0 Å². The highest BCUT2D eigenvalue weighted by Gasteiger charge is 2.26. The first kappa shape index (κ1) is 11.3. The third-order valence-corrected chi connectivity index (χ3v) is 4.27. The van der Waals surface area contributed by atoms with Gasteiger partial charge in [0.1, 0.15) is 0 Å². The number of nitrogens with zero attached hydrogens (tertiary/aromatic N) is 1. The average Bonchev–Trinajstić information content (AvgIpc) is 2.76. The highest BCUT2D eigenvalue weighted by Crippen LogP contribution is 2.30. The maximum atomic E-state index is 8.84. The Balaban J connectivity index is 2.06. The van der Waals surface area contributed by atoms with Gasteiger partial charge in [-0.2, -0.15) is 17.0 Å². The molecular weight excluding hydrogens is 216 g/mol. The molecule has 1 saturated carbocycles. The number of hydrogen-bond donors (Lipinski definition) is 1. The van der Waals surface area contributed by atoms with Crippen molar-refractivity contribution in [1.29, 1.82) is 5.26 Å². The molecule has 1 aromatic carbocycles. The summed E-state index contributed by atoms with van der Waals surface area (Å²) in [6, 6.07) is 10.5. The molecule has 3 heteroatoms. The Morgan fingerprint density at radius 2 is 2.31 bits per heavy atom. The lowest BCUT2D eigenvalue weighted by atomic mass is 10.2. The maximum absolute atomic E-state index is 8.84. The van der Waals surface area contributed by atoms with Crippen LogP contribution in [0, 0.1) is 11.3 Å². The number of nitriles is 1. The van der Waals surface area contributed by atoms with Gasteiger partial charge in [0.05, 0.1) is 11.6 Å². The van der Waals surface area contributed by atoms with Gasteiger partial charge in [-0.25, -0.2) is 0 Å². The number of anilines is 1. The minimum atomic E-state index is 0.559. The minimum Gasteiger partial charge on any atom is -0.381 e. The van der Waals surface area contributed by atoms with Crippen LogP contribution in [0.3, 0.4) is 0 Å². The zero-order chi connectivity index (χ0) is 11.4. The summed E-state index contributed by atoms with van der Waals surface area (Å²) in [5, 5.41) is 13.1. The number of thioether (sulfide) groups is 1. The number of benzene rings is 1. The van der Waals surface area contributed by atoms with Crippen LogP contribution in [0.25, 0.3) is 0 Å². The Labute approximate surface area is 101 Å². The zero-order valence-corrected chi connectivity index (χ0v) is 10.3. The van der Waals surface area contributed by atoms with Crippen molar-refractivity contribution in [3.63, 3.8) is 0 Å². The smallest absolute Gasteiger partial charge is 0.0992 e. The molecule has 1 fully saturated rings. The topological polar surface area (TPSA) is 35.8 Å². The highest BCUT2D eigenvalue weighted by molar-refractivity contribution is 7.99. The molecule has 1 aliphatic rings. The van der Waals surface area contributed by atoms with Gasteiger partial charge in [-0.1, -0.05) is 12.5 Å². The van der Waals surface area contributed by atoms with E-state index in [0.717, 1.165) is 11.3 Å². The molecule has 0 radical (unpaired) electrons. The van der Waals surface area contributed by atoms with E-state index in [1.165, 1.54) is 19.3 Å². The first-order valence-electron chi connectivity index (χ1n) is 5.63. The molecular formula is C13H16N2S. The molecule has 84 valence electrons. The Bertz CT molecular complexity index is 397. The lowest BCUT2D eigenvalue weighted by Crippen LogP contribution is -2.25. The van der Waals surface area contributed by atoms with Crippen molar-refractivity contribution < 1.29 is 0 Å². The fraction of sp³-hybridized carbons (Fsp3) is 0.462. The Morgan fingerprint density at radius 1 is 1.44 bits per heavy atom. The molecule has 2 atom stereocenters. The van der Waals surface area contributed by atoms with Crippen molar-refractivity contribution in [2.45, 2.75) is 30.6 Å². The molecule has 16 heavy (non-hydrogen) atoms. The second kappa shape index (κ2) is 5.27. The van der Waals surface area contributed by atoms with E-state index in [2.05, 4.69) is 17.6 Å². The van der Waals surface area contributed by atoms with E-state index in [9.17, 15) is 0 Å². The Morgan fingerprint density at radius 3 is 3.06 bits per heavy atom. The van der Waals surface area contributed by atoms with E-state index in [1.54, 1.807) is 0 Å². The third-order valence-electron chi connectivity index (χ3n) is 3.10. The van der Waals surface area contributed by atoms with Gasteiger partial charge in [-0.05, 0) is 37.3 Å². The molecule has 2 unspecified atom stereocenters. The summed E-state index contributed by atoms with van der Waals surface area (Å²) in [7, 11) is 0. The van der Waals surface area contributed by atoms with Gasteiger partial charge in [-0.15, -0.1) is 0 Å². The van der Waals surface area contributed by atoms with E-state index in [-0.39, 0.29) is 0 Å². The number of hydrogen-bond acceptors (Lipinski definition) is 3. The predicted molar refractivity (Wildman–Crippen MR) is 69.7 cm³/mol. The number of nitrogens with one attached hydrogen (secondary N) is 1. The van der Waals surface area contributed by atoms with Crippen LogP contribution in [0.4, 0.5) is 5.69 Å². The quantitative estimate of drug-likeness (QED) is 0.869. The summed E-state index contributed by atoms with van der Waals surface area (Å²) in [6.45, 7) is 0. The van der Waals surface area contributed by atoms with E-state index in [4.69, 9.17) is 5.26 Å². The SMILES string of the molecule is CSC1CCCC1Nc1cccc(C#N)c1. The van der Waals surface area contributed by atoms with Crippen molar-refractivity contribution in [1.82, 2.24) is 0 Å². The van der Waals surface area contributed by atoms with Crippen LogP contribution >= 0.6 is 11.8 Å². The van der Waals surface area contributed by atoms with Crippen LogP contribution in [0.1, 0.15) is 24.8 Å². The van der Waals surface area contributed by atoms with Crippen LogP contribution in [0.5, 0.6) is 0 Å². The Hall–Kier alpha value is -1.14. The summed E-state index contributed by atoms with van der Waals surface area (Å²) >= 11 is 1.94. The first-order valence-corrected chi connectivity index (χ1v) is 6.92. The van der Waals surface area contributed by atoms with Crippen LogP contribution in [0.15, 0.2) is 24.3 Å². The molecule has 1 aromatic rings. The van der Waals surface area contributed by atoms with Gasteiger partial charge in [0.25, 0.3) is 0 Å². The summed E-state index contributed by atoms with van der Waals surface area (Å²) in [5.74, 6) is 0. The lowest BCUT2D eigenvalue weighted by Gasteiger charge is -2.20. The van der Waals surface area contributed by atoms with Gasteiger partial charge < -0.3 is 5.32 Å². The molecule has 1 aliphatic carbocycles. The van der Waals surface area contributed by atoms with Crippen molar-refractivity contribution in [3.05, 3.63) is 29.8 Å². The number of rotatable bonds is 3. The molecule has 0 bridgehead atoms. The monoisotopic (exact) mass is 232 g/mol. The van der Waals surface area contributed by atoms with Crippen molar-refractivity contribution in [2.75, 3.05) is 11.6 Å². The fourth-order valence-electron chi connectivity index (χ4n) is 2.27. The van der Waals surface area contributed by atoms with E-state index in [0.29, 0.717) is 11.3 Å². The van der Waals surface area contributed by atoms with Crippen LogP contribution in [0.2, 0.25) is 0 Å². The largest absolute Gasteiger partial charge is 0.381 e. The summed E-state index contributed by atoms with van der Waals surface area (Å²) in [4.78, 5) is 0. The fourth-order valence-corrected chi connectivity index (χ4v) is 3.20. The first-order chi connectivity index (χ1) is 7.83. The molecule has 0 amide bonds. The van der Waals surface area contributed by atoms with Crippen molar-refractivity contribution >= 4 is 17.4 Å². The zero-order valence-electron chi connectivity index (χ0n) is 9.44. The van der Waals surface area contributed by atoms with Crippen molar-refractivity contribution in [2.24, 2.45) is 0 Å². The molecule has 0 spiro atoms. The molecule has 0 aliphatic heterocycles. The van der Waals surface area contributed by atoms with E-state index in [1.807, 2.05) is 36.0 Å².